The molecule has 0 N–H and O–H groups in total. The molecule has 5 heteroatoms. The number of hydrogen-bond acceptors (Lipinski definition) is 3. The van der Waals surface area contributed by atoms with Crippen LogP contribution in [0.5, 0.6) is 0 Å². The van der Waals surface area contributed by atoms with Crippen LogP contribution in [0.4, 0.5) is 0 Å². The fourth-order valence-electron chi connectivity index (χ4n) is 0.117. The van der Waals surface area contributed by atoms with Crippen LogP contribution >= 0.6 is 15.9 Å². The maximum absolute atomic E-state index is 9.62. The fourth-order valence-corrected chi connectivity index (χ4v) is 0.225. The molecule has 0 atom stereocenters. The van der Waals surface area contributed by atoms with Crippen molar-refractivity contribution in [2.24, 2.45) is 0 Å². The van der Waals surface area contributed by atoms with Crippen LogP contribution in [0, 0.1) is 10.1 Å². The van der Waals surface area contributed by atoms with Gasteiger partial charge in [-0.3, -0.25) is 14.9 Å². The highest BCUT2D eigenvalue weighted by Crippen LogP contribution is 2.01. The van der Waals surface area contributed by atoms with Gasteiger partial charge in [0, 0.05) is 15.9 Å². The summed E-state index contributed by atoms with van der Waals surface area (Å²) in [4.78, 5) is 18.4. The van der Waals surface area contributed by atoms with Crippen molar-refractivity contribution in [2.45, 2.75) is 0 Å². The van der Waals surface area contributed by atoms with Crippen molar-refractivity contribution in [1.82, 2.24) is 0 Å². The Labute approximate surface area is 53.5 Å². The third-order valence-corrected chi connectivity index (χ3v) is 0.934. The molecule has 0 radical (unpaired) electrons. The first-order chi connectivity index (χ1) is 3.68. The Hall–Kier alpha value is -0.710. The van der Waals surface area contributed by atoms with Crippen molar-refractivity contribution in [3.05, 3.63) is 20.8 Å². The largest absolute Gasteiger partial charge is 0.313 e. The Morgan fingerprint density at radius 1 is 1.75 bits per heavy atom. The van der Waals surface area contributed by atoms with Crippen molar-refractivity contribution in [2.75, 3.05) is 0 Å². The lowest BCUT2D eigenvalue weighted by Gasteiger charge is -1.79. The minimum absolute atomic E-state index is 0.326. The molecule has 0 aliphatic carbocycles. The second-order valence-electron chi connectivity index (χ2n) is 0.883. The zero-order chi connectivity index (χ0) is 6.57. The summed E-state index contributed by atoms with van der Waals surface area (Å²) in [7, 11) is 0. The number of aldehydes is 1. The molecule has 0 saturated heterocycles. The Bertz CT molecular complexity index is 141. The summed E-state index contributed by atoms with van der Waals surface area (Å²) in [6, 6.07) is 0. The number of hydrogen-bond donors (Lipinski definition) is 0. The molecule has 0 heterocycles. The highest BCUT2D eigenvalue weighted by Gasteiger charge is 2.00. The first kappa shape index (κ1) is 7.29. The summed E-state index contributed by atoms with van der Waals surface area (Å²) < 4.78 is -0.326. The molecular weight excluding hydrogens is 178 g/mol. The Morgan fingerprint density at radius 3 is 2.38 bits per heavy atom. The Morgan fingerprint density at radius 2 is 2.25 bits per heavy atom. The van der Waals surface area contributed by atoms with Gasteiger partial charge < -0.3 is 0 Å². The van der Waals surface area contributed by atoms with E-state index in [1.807, 2.05) is 0 Å². The predicted octanol–water partition coefficient (Wildman–Crippen LogP) is 0.698. The molecule has 44 valence electrons. The highest BCUT2D eigenvalue weighted by atomic mass is 79.9. The van der Waals surface area contributed by atoms with Gasteiger partial charge in [-0.1, -0.05) is 0 Å². The summed E-state index contributed by atoms with van der Waals surface area (Å²) in [5.41, 5.74) is 0. The molecule has 0 rings (SSSR count). The SMILES string of the molecule is O=CC=C(Br)[N+](=O)[O-]. The standard InChI is InChI=1S/C3H2BrNO3/c4-3(1-2-6)5(7)8/h1-2H. The maximum Gasteiger partial charge on any atom is 0.313 e. The summed E-state index contributed by atoms with van der Waals surface area (Å²) >= 11 is 2.53. The minimum atomic E-state index is -0.700. The molecule has 0 bridgehead atoms. The van der Waals surface area contributed by atoms with Crippen molar-refractivity contribution >= 4 is 22.2 Å². The number of nitrogens with zero attached hydrogens (tertiary/aromatic N) is 1. The number of halogens is 1. The van der Waals surface area contributed by atoms with E-state index in [0.717, 1.165) is 6.08 Å². The van der Waals surface area contributed by atoms with Crippen LogP contribution in [-0.2, 0) is 4.79 Å². The van der Waals surface area contributed by atoms with E-state index in [4.69, 9.17) is 0 Å². The third kappa shape index (κ3) is 2.46. The van der Waals surface area contributed by atoms with Gasteiger partial charge in [-0.2, -0.15) is 0 Å². The average Bonchev–Trinajstić information content (AvgIpc) is 1.67. The van der Waals surface area contributed by atoms with Crippen molar-refractivity contribution in [3.8, 4) is 0 Å². The van der Waals surface area contributed by atoms with Gasteiger partial charge in [0.2, 0.25) is 0 Å². The molecule has 0 amide bonds. The predicted molar refractivity (Wildman–Crippen MR) is 30.1 cm³/mol. The van der Waals surface area contributed by atoms with Gasteiger partial charge in [-0.15, -0.1) is 0 Å². The monoisotopic (exact) mass is 179 g/mol. The lowest BCUT2D eigenvalue weighted by molar-refractivity contribution is -0.408. The lowest BCUT2D eigenvalue weighted by atomic mass is 10.7. The van der Waals surface area contributed by atoms with E-state index >= 15 is 0 Å². The first-order valence-electron chi connectivity index (χ1n) is 1.64. The number of carbonyl (C=O) groups is 1. The van der Waals surface area contributed by atoms with E-state index in [0.29, 0.717) is 6.29 Å². The van der Waals surface area contributed by atoms with Gasteiger partial charge in [0.1, 0.15) is 6.29 Å². The van der Waals surface area contributed by atoms with Crippen LogP contribution in [0.15, 0.2) is 10.7 Å². The Balaban J connectivity index is 3.99. The van der Waals surface area contributed by atoms with Crippen molar-refractivity contribution in [3.63, 3.8) is 0 Å². The third-order valence-electron chi connectivity index (χ3n) is 0.380. The second-order valence-corrected chi connectivity index (χ2v) is 1.70. The molecule has 0 spiro atoms. The number of allylic oxidation sites excluding steroid dienone is 1. The average molecular weight is 180 g/mol. The van der Waals surface area contributed by atoms with E-state index in [2.05, 4.69) is 15.9 Å². The van der Waals surface area contributed by atoms with E-state index in [1.165, 1.54) is 0 Å². The van der Waals surface area contributed by atoms with Gasteiger partial charge in [0.05, 0.1) is 11.0 Å². The number of rotatable bonds is 2. The molecule has 0 aromatic rings. The highest BCUT2D eigenvalue weighted by molar-refractivity contribution is 9.11. The Kier molecular flexibility index (Phi) is 3.02. The smallest absolute Gasteiger partial charge is 0.298 e. The van der Waals surface area contributed by atoms with Crippen molar-refractivity contribution in [1.29, 1.82) is 0 Å². The van der Waals surface area contributed by atoms with Crippen LogP contribution in [-0.4, -0.2) is 11.2 Å². The van der Waals surface area contributed by atoms with Gasteiger partial charge in [0.25, 0.3) is 0 Å². The zero-order valence-corrected chi connectivity index (χ0v) is 5.29. The molecule has 0 aromatic heterocycles. The van der Waals surface area contributed by atoms with Crippen LogP contribution in [0.3, 0.4) is 0 Å². The summed E-state index contributed by atoms with van der Waals surface area (Å²) in [6.07, 6.45) is 1.16. The zero-order valence-electron chi connectivity index (χ0n) is 3.70. The van der Waals surface area contributed by atoms with Crippen molar-refractivity contribution < 1.29 is 9.72 Å². The van der Waals surface area contributed by atoms with Crippen LogP contribution in [0.2, 0.25) is 0 Å². The number of carbonyl (C=O) groups excluding carboxylic acids is 1. The van der Waals surface area contributed by atoms with Gasteiger partial charge in [-0.05, 0) is 0 Å². The van der Waals surface area contributed by atoms with Gasteiger partial charge in [-0.25, -0.2) is 0 Å². The van der Waals surface area contributed by atoms with E-state index < -0.39 is 4.92 Å². The molecular formula is C3H2BrNO3. The minimum Gasteiger partial charge on any atom is -0.298 e. The molecule has 0 aromatic carbocycles. The normalized spacial score (nSPS) is 10.9. The molecule has 8 heavy (non-hydrogen) atoms. The fraction of sp³-hybridized carbons (Fsp3) is 0. The first-order valence-corrected chi connectivity index (χ1v) is 2.43. The quantitative estimate of drug-likeness (QED) is 0.206. The lowest BCUT2D eigenvalue weighted by Crippen LogP contribution is -1.89. The van der Waals surface area contributed by atoms with E-state index in [1.54, 1.807) is 0 Å². The topological polar surface area (TPSA) is 60.2 Å². The van der Waals surface area contributed by atoms with Crippen LogP contribution in [0.25, 0.3) is 0 Å². The van der Waals surface area contributed by atoms with Gasteiger partial charge in [0.15, 0.2) is 0 Å². The second kappa shape index (κ2) is 3.31. The van der Waals surface area contributed by atoms with Crippen LogP contribution < -0.4 is 0 Å². The molecule has 0 unspecified atom stereocenters. The maximum atomic E-state index is 9.62. The van der Waals surface area contributed by atoms with Gasteiger partial charge >= 0.3 is 4.61 Å². The van der Waals surface area contributed by atoms with Crippen LogP contribution in [0.1, 0.15) is 0 Å². The molecule has 0 fully saturated rings. The summed E-state index contributed by atoms with van der Waals surface area (Å²) in [6.45, 7) is 0. The number of nitro groups is 1. The molecule has 0 saturated carbocycles. The van der Waals surface area contributed by atoms with E-state index in [9.17, 15) is 14.9 Å². The molecule has 4 nitrogen and oxygen atoms in total. The summed E-state index contributed by atoms with van der Waals surface area (Å²) in [5.74, 6) is 0. The van der Waals surface area contributed by atoms with E-state index in [-0.39, 0.29) is 4.61 Å². The summed E-state index contributed by atoms with van der Waals surface area (Å²) in [5, 5.41) is 9.62. The molecule has 0 aliphatic rings. The molecule has 0 aliphatic heterocycles.